The zero-order valence-corrected chi connectivity index (χ0v) is 13.4. The number of aromatic nitrogens is 2. The van der Waals surface area contributed by atoms with E-state index in [4.69, 9.17) is 5.73 Å². The second-order valence-electron chi connectivity index (χ2n) is 6.77. The smallest absolute Gasteiger partial charge is 0.223 e. The summed E-state index contributed by atoms with van der Waals surface area (Å²) in [6.07, 6.45) is 5.18. The molecule has 0 bridgehead atoms. The third-order valence-corrected chi connectivity index (χ3v) is 5.10. The highest BCUT2D eigenvalue weighted by molar-refractivity contribution is 5.79. The summed E-state index contributed by atoms with van der Waals surface area (Å²) in [5.41, 5.74) is 7.72. The van der Waals surface area contributed by atoms with Crippen LogP contribution in [0.3, 0.4) is 0 Å². The summed E-state index contributed by atoms with van der Waals surface area (Å²) >= 11 is 0. The molecule has 1 amide bonds. The van der Waals surface area contributed by atoms with Gasteiger partial charge in [0.25, 0.3) is 0 Å². The van der Waals surface area contributed by atoms with Crippen LogP contribution in [-0.2, 0) is 11.3 Å². The topological polar surface area (TPSA) is 80.9 Å². The van der Waals surface area contributed by atoms with Gasteiger partial charge in [0.2, 0.25) is 5.91 Å². The highest BCUT2D eigenvalue weighted by Gasteiger charge is 2.44. The summed E-state index contributed by atoms with van der Waals surface area (Å²) in [6, 6.07) is 0.187. The molecule has 21 heavy (non-hydrogen) atoms. The molecule has 1 saturated carbocycles. The maximum atomic E-state index is 12.5. The Kier molecular flexibility index (Phi) is 4.61. The van der Waals surface area contributed by atoms with Crippen molar-refractivity contribution in [2.75, 3.05) is 0 Å². The summed E-state index contributed by atoms with van der Waals surface area (Å²) in [6.45, 7) is 8.76. The van der Waals surface area contributed by atoms with Crippen LogP contribution >= 0.6 is 0 Å². The van der Waals surface area contributed by atoms with Crippen molar-refractivity contribution in [1.29, 1.82) is 0 Å². The van der Waals surface area contributed by atoms with Gasteiger partial charge in [-0.3, -0.25) is 14.8 Å². The van der Waals surface area contributed by atoms with Crippen molar-refractivity contribution in [2.24, 2.45) is 23.0 Å². The van der Waals surface area contributed by atoms with Crippen LogP contribution in [0.5, 0.6) is 0 Å². The molecule has 5 nitrogen and oxygen atoms in total. The number of rotatable bonds is 3. The maximum absolute atomic E-state index is 12.5. The number of hydrogen-bond acceptors (Lipinski definition) is 4. The Hall–Kier alpha value is -1.49. The van der Waals surface area contributed by atoms with Crippen LogP contribution in [0.25, 0.3) is 0 Å². The Balaban J connectivity index is 1.98. The molecule has 1 aliphatic carbocycles. The van der Waals surface area contributed by atoms with Crippen LogP contribution in [0.1, 0.15) is 45.0 Å². The predicted octanol–water partition coefficient (Wildman–Crippen LogP) is 1.80. The molecule has 5 heteroatoms. The van der Waals surface area contributed by atoms with E-state index in [1.165, 1.54) is 0 Å². The molecule has 0 aliphatic heterocycles. The predicted molar refractivity (Wildman–Crippen MR) is 82.3 cm³/mol. The van der Waals surface area contributed by atoms with Crippen molar-refractivity contribution in [2.45, 2.75) is 53.1 Å². The molecule has 1 aliphatic rings. The number of hydrogen-bond donors (Lipinski definition) is 2. The van der Waals surface area contributed by atoms with Crippen molar-refractivity contribution in [3.8, 4) is 0 Å². The van der Waals surface area contributed by atoms with Crippen molar-refractivity contribution < 1.29 is 4.79 Å². The lowest BCUT2D eigenvalue weighted by molar-refractivity contribution is -0.132. The van der Waals surface area contributed by atoms with Crippen molar-refractivity contribution in [3.63, 3.8) is 0 Å². The molecule has 1 aromatic heterocycles. The third-order valence-electron chi connectivity index (χ3n) is 5.10. The fraction of sp³-hybridized carbons (Fsp3) is 0.688. The van der Waals surface area contributed by atoms with Crippen LogP contribution in [0.4, 0.5) is 0 Å². The summed E-state index contributed by atoms with van der Waals surface area (Å²) < 4.78 is 0. The highest BCUT2D eigenvalue weighted by atomic mass is 16.1. The fourth-order valence-corrected chi connectivity index (χ4v) is 3.13. The van der Waals surface area contributed by atoms with Gasteiger partial charge in [0.15, 0.2) is 0 Å². The molecule has 2 rings (SSSR count). The zero-order valence-electron chi connectivity index (χ0n) is 13.4. The van der Waals surface area contributed by atoms with Crippen molar-refractivity contribution in [1.82, 2.24) is 15.3 Å². The Morgan fingerprint density at radius 2 is 2.10 bits per heavy atom. The molecule has 1 heterocycles. The molecule has 0 aromatic carbocycles. The van der Waals surface area contributed by atoms with E-state index in [2.05, 4.69) is 36.1 Å². The summed E-state index contributed by atoms with van der Waals surface area (Å²) in [5, 5.41) is 3.00. The molecule has 0 saturated heterocycles. The van der Waals surface area contributed by atoms with E-state index in [0.29, 0.717) is 12.5 Å². The highest BCUT2D eigenvalue weighted by Crippen LogP contribution is 2.44. The Morgan fingerprint density at radius 1 is 1.38 bits per heavy atom. The molecule has 3 atom stereocenters. The average Bonchev–Trinajstić information content (AvgIpc) is 2.44. The molecule has 116 valence electrons. The number of nitrogens with two attached hydrogens (primary N) is 1. The second-order valence-corrected chi connectivity index (χ2v) is 6.77. The molecule has 1 aromatic rings. The minimum atomic E-state index is -0.0826. The van der Waals surface area contributed by atoms with Gasteiger partial charge in [-0.2, -0.15) is 0 Å². The average molecular weight is 290 g/mol. The van der Waals surface area contributed by atoms with E-state index in [1.807, 2.05) is 6.92 Å². The first-order valence-electron chi connectivity index (χ1n) is 7.63. The van der Waals surface area contributed by atoms with E-state index in [9.17, 15) is 4.79 Å². The number of carbonyl (C=O) groups excluding carboxylic acids is 1. The van der Waals surface area contributed by atoms with E-state index in [0.717, 1.165) is 24.2 Å². The quantitative estimate of drug-likeness (QED) is 0.889. The molecule has 1 fully saturated rings. The molecule has 3 unspecified atom stereocenters. The zero-order chi connectivity index (χ0) is 15.6. The monoisotopic (exact) mass is 290 g/mol. The first-order chi connectivity index (χ1) is 9.82. The minimum absolute atomic E-state index is 0.00528. The first kappa shape index (κ1) is 15.9. The van der Waals surface area contributed by atoms with E-state index in [1.54, 1.807) is 12.4 Å². The van der Waals surface area contributed by atoms with Gasteiger partial charge in [-0.05, 0) is 31.1 Å². The summed E-state index contributed by atoms with van der Waals surface area (Å²) in [4.78, 5) is 21.0. The third kappa shape index (κ3) is 3.40. The lowest BCUT2D eigenvalue weighted by Crippen LogP contribution is -2.51. The van der Waals surface area contributed by atoms with Crippen LogP contribution in [0, 0.1) is 24.2 Å². The number of amides is 1. The first-order valence-corrected chi connectivity index (χ1v) is 7.63. The van der Waals surface area contributed by atoms with Gasteiger partial charge in [-0.25, -0.2) is 0 Å². The number of aryl methyl sites for hydroxylation is 1. The van der Waals surface area contributed by atoms with Gasteiger partial charge in [-0.1, -0.05) is 20.8 Å². The maximum Gasteiger partial charge on any atom is 0.223 e. The molecular weight excluding hydrogens is 264 g/mol. The van der Waals surface area contributed by atoms with Crippen LogP contribution in [-0.4, -0.2) is 21.9 Å². The molecular formula is C16H26N4O. The normalized spacial score (nSPS) is 28.1. The second kappa shape index (κ2) is 6.10. The van der Waals surface area contributed by atoms with Gasteiger partial charge < -0.3 is 11.1 Å². The number of nitrogens with one attached hydrogen (secondary N) is 1. The molecule has 0 radical (unpaired) electrons. The Labute approximate surface area is 126 Å². The minimum Gasteiger partial charge on any atom is -0.350 e. The molecule has 0 spiro atoms. The van der Waals surface area contributed by atoms with Gasteiger partial charge in [-0.15, -0.1) is 0 Å². The SMILES string of the molecule is Cc1cnc(CNC(=O)C2CCC(N)C(C)C2(C)C)cn1. The standard InChI is InChI=1S/C16H26N4O/c1-10-7-19-12(8-18-10)9-20-15(21)13-5-6-14(17)11(2)16(13,3)4/h7-8,11,13-14H,5-6,9,17H2,1-4H3,(H,20,21). The van der Waals surface area contributed by atoms with Gasteiger partial charge in [0.05, 0.1) is 24.1 Å². The largest absolute Gasteiger partial charge is 0.350 e. The summed E-state index contributed by atoms with van der Waals surface area (Å²) in [5.74, 6) is 0.438. The van der Waals surface area contributed by atoms with Gasteiger partial charge in [0.1, 0.15) is 0 Å². The van der Waals surface area contributed by atoms with Crippen LogP contribution < -0.4 is 11.1 Å². The Bertz CT molecular complexity index is 498. The lowest BCUT2D eigenvalue weighted by Gasteiger charge is -2.46. The van der Waals surface area contributed by atoms with Gasteiger partial charge in [0, 0.05) is 18.2 Å². The lowest BCUT2D eigenvalue weighted by atomic mass is 9.61. The number of nitrogens with zero attached hydrogens (tertiary/aromatic N) is 2. The van der Waals surface area contributed by atoms with Crippen LogP contribution in [0.15, 0.2) is 12.4 Å². The fourth-order valence-electron chi connectivity index (χ4n) is 3.13. The Morgan fingerprint density at radius 3 is 2.71 bits per heavy atom. The van der Waals surface area contributed by atoms with E-state index in [-0.39, 0.29) is 23.3 Å². The van der Waals surface area contributed by atoms with E-state index < -0.39 is 0 Å². The van der Waals surface area contributed by atoms with Crippen LogP contribution in [0.2, 0.25) is 0 Å². The van der Waals surface area contributed by atoms with Crippen molar-refractivity contribution in [3.05, 3.63) is 23.8 Å². The summed E-state index contributed by atoms with van der Waals surface area (Å²) in [7, 11) is 0. The van der Waals surface area contributed by atoms with Gasteiger partial charge >= 0.3 is 0 Å². The molecule has 3 N–H and O–H groups in total. The van der Waals surface area contributed by atoms with E-state index >= 15 is 0 Å². The van der Waals surface area contributed by atoms with Crippen molar-refractivity contribution >= 4 is 5.91 Å². The number of carbonyl (C=O) groups is 1.